The van der Waals surface area contributed by atoms with Crippen molar-refractivity contribution in [3.8, 4) is 11.5 Å². The number of hydrogen-bond donors (Lipinski definition) is 2. The Morgan fingerprint density at radius 2 is 2.05 bits per heavy atom. The lowest BCUT2D eigenvalue weighted by molar-refractivity contribution is 0.0990. The van der Waals surface area contributed by atoms with Gasteiger partial charge in [-0.05, 0) is 29.8 Å². The van der Waals surface area contributed by atoms with Crippen LogP contribution in [0.15, 0.2) is 42.5 Å². The molecule has 0 atom stereocenters. The summed E-state index contributed by atoms with van der Waals surface area (Å²) < 4.78 is 5.01. The van der Waals surface area contributed by atoms with Gasteiger partial charge in [0.1, 0.15) is 11.5 Å². The number of phenols is 1. The van der Waals surface area contributed by atoms with E-state index in [9.17, 15) is 9.90 Å². The summed E-state index contributed by atoms with van der Waals surface area (Å²) in [4.78, 5) is 13.9. The van der Waals surface area contributed by atoms with Crippen molar-refractivity contribution in [2.24, 2.45) is 5.73 Å². The smallest absolute Gasteiger partial charge is 0.261 e. The summed E-state index contributed by atoms with van der Waals surface area (Å²) in [5, 5.41) is 9.94. The maximum atomic E-state index is 12.5. The fraction of sp³-hybridized carbons (Fsp3) is 0.188. The molecule has 2 aromatic carbocycles. The molecule has 2 aromatic rings. The Bertz CT molecular complexity index is 656. The Kier molecular flexibility index (Phi) is 4.45. The van der Waals surface area contributed by atoms with Gasteiger partial charge in [0, 0.05) is 25.3 Å². The number of methoxy groups -OCH3 is 1. The minimum absolute atomic E-state index is 0.110. The zero-order valence-corrected chi connectivity index (χ0v) is 12.0. The SMILES string of the molecule is COc1ccc(C(=O)N(C)c2cccc(CN)c2)c(O)c1. The molecule has 0 aliphatic carbocycles. The van der Waals surface area contributed by atoms with Crippen LogP contribution < -0.4 is 15.4 Å². The minimum Gasteiger partial charge on any atom is -0.507 e. The first kappa shape index (κ1) is 14.9. The van der Waals surface area contributed by atoms with Crippen molar-refractivity contribution < 1.29 is 14.6 Å². The molecule has 0 aromatic heterocycles. The molecule has 0 aliphatic heterocycles. The molecular formula is C16H18N2O3. The molecule has 5 heteroatoms. The lowest BCUT2D eigenvalue weighted by Crippen LogP contribution is -2.26. The number of amides is 1. The Balaban J connectivity index is 2.30. The van der Waals surface area contributed by atoms with Gasteiger partial charge in [0.25, 0.3) is 5.91 Å². The molecule has 0 bridgehead atoms. The Labute approximate surface area is 123 Å². The van der Waals surface area contributed by atoms with Crippen molar-refractivity contribution >= 4 is 11.6 Å². The molecule has 3 N–H and O–H groups in total. The number of nitrogens with zero attached hydrogens (tertiary/aromatic N) is 1. The number of benzene rings is 2. The van der Waals surface area contributed by atoms with Crippen molar-refractivity contribution in [1.29, 1.82) is 0 Å². The van der Waals surface area contributed by atoms with Gasteiger partial charge in [-0.1, -0.05) is 12.1 Å². The number of carbonyl (C=O) groups is 1. The van der Waals surface area contributed by atoms with E-state index in [0.29, 0.717) is 12.3 Å². The number of anilines is 1. The molecule has 0 spiro atoms. The van der Waals surface area contributed by atoms with Crippen molar-refractivity contribution in [2.45, 2.75) is 6.54 Å². The van der Waals surface area contributed by atoms with Crippen molar-refractivity contribution in [3.63, 3.8) is 0 Å². The highest BCUT2D eigenvalue weighted by molar-refractivity contribution is 6.07. The predicted molar refractivity (Wildman–Crippen MR) is 81.7 cm³/mol. The molecule has 0 aliphatic rings. The summed E-state index contributed by atoms with van der Waals surface area (Å²) in [6.45, 7) is 0.406. The Morgan fingerprint density at radius 1 is 1.29 bits per heavy atom. The summed E-state index contributed by atoms with van der Waals surface area (Å²) in [7, 11) is 3.16. The fourth-order valence-corrected chi connectivity index (χ4v) is 2.01. The van der Waals surface area contributed by atoms with Gasteiger partial charge in [0.2, 0.25) is 0 Å². The summed E-state index contributed by atoms with van der Waals surface area (Å²) >= 11 is 0. The zero-order chi connectivity index (χ0) is 15.4. The van der Waals surface area contributed by atoms with Crippen LogP contribution in [0.2, 0.25) is 0 Å². The van der Waals surface area contributed by atoms with Crippen LogP contribution in [-0.4, -0.2) is 25.2 Å². The monoisotopic (exact) mass is 286 g/mol. The highest BCUT2D eigenvalue weighted by Gasteiger charge is 2.17. The van der Waals surface area contributed by atoms with Gasteiger partial charge >= 0.3 is 0 Å². The average Bonchev–Trinajstić information content (AvgIpc) is 2.53. The third kappa shape index (κ3) is 3.14. The molecule has 0 heterocycles. The van der Waals surface area contributed by atoms with E-state index >= 15 is 0 Å². The molecular weight excluding hydrogens is 268 g/mol. The highest BCUT2D eigenvalue weighted by atomic mass is 16.5. The van der Waals surface area contributed by atoms with Gasteiger partial charge in [0.05, 0.1) is 12.7 Å². The van der Waals surface area contributed by atoms with Gasteiger partial charge in [-0.15, -0.1) is 0 Å². The van der Waals surface area contributed by atoms with E-state index < -0.39 is 0 Å². The normalized spacial score (nSPS) is 10.2. The number of ether oxygens (including phenoxy) is 1. The summed E-state index contributed by atoms with van der Waals surface area (Å²) in [5.74, 6) is 0.0855. The van der Waals surface area contributed by atoms with Crippen LogP contribution in [0, 0.1) is 0 Å². The molecule has 2 rings (SSSR count). The molecule has 0 fully saturated rings. The van der Waals surface area contributed by atoms with Gasteiger partial charge in [-0.2, -0.15) is 0 Å². The van der Waals surface area contributed by atoms with Crippen LogP contribution in [-0.2, 0) is 6.54 Å². The van der Waals surface area contributed by atoms with Crippen molar-refractivity contribution in [1.82, 2.24) is 0 Å². The number of hydrogen-bond acceptors (Lipinski definition) is 4. The molecule has 0 saturated carbocycles. The first-order valence-corrected chi connectivity index (χ1v) is 6.51. The van der Waals surface area contributed by atoms with E-state index in [1.807, 2.05) is 24.3 Å². The average molecular weight is 286 g/mol. The third-order valence-electron chi connectivity index (χ3n) is 3.27. The van der Waals surface area contributed by atoms with Crippen molar-refractivity contribution in [2.75, 3.05) is 19.1 Å². The molecule has 0 saturated heterocycles. The van der Waals surface area contributed by atoms with E-state index in [1.54, 1.807) is 19.2 Å². The lowest BCUT2D eigenvalue weighted by Gasteiger charge is -2.19. The zero-order valence-electron chi connectivity index (χ0n) is 12.0. The largest absolute Gasteiger partial charge is 0.507 e. The van der Waals surface area contributed by atoms with E-state index in [1.165, 1.54) is 18.1 Å². The van der Waals surface area contributed by atoms with Crippen molar-refractivity contribution in [3.05, 3.63) is 53.6 Å². The third-order valence-corrected chi connectivity index (χ3v) is 3.27. The van der Waals surface area contributed by atoms with Crippen LogP contribution in [0.5, 0.6) is 11.5 Å². The van der Waals surface area contributed by atoms with Crippen LogP contribution in [0.3, 0.4) is 0 Å². The molecule has 0 radical (unpaired) electrons. The van der Waals surface area contributed by atoms with Gasteiger partial charge in [-0.25, -0.2) is 0 Å². The van der Waals surface area contributed by atoms with E-state index in [-0.39, 0.29) is 17.2 Å². The maximum Gasteiger partial charge on any atom is 0.261 e. The topological polar surface area (TPSA) is 75.8 Å². The maximum absolute atomic E-state index is 12.5. The molecule has 21 heavy (non-hydrogen) atoms. The second kappa shape index (κ2) is 6.28. The first-order valence-electron chi connectivity index (χ1n) is 6.51. The molecule has 1 amide bonds. The number of rotatable bonds is 4. The predicted octanol–water partition coefficient (Wildman–Crippen LogP) is 2.14. The molecule has 110 valence electrons. The van der Waals surface area contributed by atoms with Crippen LogP contribution in [0.1, 0.15) is 15.9 Å². The van der Waals surface area contributed by atoms with Gasteiger partial charge in [-0.3, -0.25) is 4.79 Å². The standard InChI is InChI=1S/C16H18N2O3/c1-18(12-5-3-4-11(8-12)10-17)16(20)14-7-6-13(21-2)9-15(14)19/h3-9,19H,10,17H2,1-2H3. The van der Waals surface area contributed by atoms with Crippen LogP contribution in [0.4, 0.5) is 5.69 Å². The quantitative estimate of drug-likeness (QED) is 0.903. The lowest BCUT2D eigenvalue weighted by atomic mass is 10.1. The Hall–Kier alpha value is -2.53. The van der Waals surface area contributed by atoms with E-state index in [0.717, 1.165) is 11.3 Å². The first-order chi connectivity index (χ1) is 10.1. The minimum atomic E-state index is -0.302. The summed E-state index contributed by atoms with van der Waals surface area (Å²) in [6, 6.07) is 12.0. The number of aromatic hydroxyl groups is 1. The fourth-order valence-electron chi connectivity index (χ4n) is 2.01. The van der Waals surface area contributed by atoms with Crippen LogP contribution in [0.25, 0.3) is 0 Å². The second-order valence-electron chi connectivity index (χ2n) is 4.62. The number of carbonyl (C=O) groups excluding carboxylic acids is 1. The molecule has 5 nitrogen and oxygen atoms in total. The van der Waals surface area contributed by atoms with Gasteiger partial charge in [0.15, 0.2) is 0 Å². The number of phenolic OH excluding ortho intramolecular Hbond substituents is 1. The number of nitrogens with two attached hydrogens (primary N) is 1. The summed E-state index contributed by atoms with van der Waals surface area (Å²) in [6.07, 6.45) is 0. The van der Waals surface area contributed by atoms with Gasteiger partial charge < -0.3 is 20.5 Å². The van der Waals surface area contributed by atoms with Crippen LogP contribution >= 0.6 is 0 Å². The summed E-state index contributed by atoms with van der Waals surface area (Å²) in [5.41, 5.74) is 7.48. The second-order valence-corrected chi connectivity index (χ2v) is 4.62. The van der Waals surface area contributed by atoms with E-state index in [4.69, 9.17) is 10.5 Å². The Morgan fingerprint density at radius 3 is 2.67 bits per heavy atom. The highest BCUT2D eigenvalue weighted by Crippen LogP contribution is 2.26. The van der Waals surface area contributed by atoms with E-state index in [2.05, 4.69) is 0 Å². The molecule has 0 unspecified atom stereocenters.